The summed E-state index contributed by atoms with van der Waals surface area (Å²) >= 11 is 9.27. The maximum absolute atomic E-state index is 5.86. The average molecular weight is 313 g/mol. The zero-order chi connectivity index (χ0) is 12.4. The van der Waals surface area contributed by atoms with Crippen molar-refractivity contribution in [2.45, 2.75) is 6.92 Å². The highest BCUT2D eigenvalue weighted by Gasteiger charge is 2.04. The van der Waals surface area contributed by atoms with Gasteiger partial charge >= 0.3 is 0 Å². The summed E-state index contributed by atoms with van der Waals surface area (Å²) in [7, 11) is 0. The number of halogens is 2. The van der Waals surface area contributed by atoms with Crippen LogP contribution in [0.25, 0.3) is 0 Å². The summed E-state index contributed by atoms with van der Waals surface area (Å²) in [5.41, 5.74) is 7.51. The minimum atomic E-state index is 0.660. The van der Waals surface area contributed by atoms with Crippen LogP contribution in [-0.2, 0) is 0 Å². The molecule has 88 valence electrons. The molecule has 0 amide bonds. The molecule has 0 saturated heterocycles. The summed E-state index contributed by atoms with van der Waals surface area (Å²) in [6.45, 7) is 1.97. The Kier molecular flexibility index (Phi) is 3.60. The third kappa shape index (κ3) is 3.14. The Labute approximate surface area is 113 Å². The van der Waals surface area contributed by atoms with Gasteiger partial charge < -0.3 is 10.5 Å². The minimum Gasteiger partial charge on any atom is -0.456 e. The van der Waals surface area contributed by atoms with Gasteiger partial charge in [-0.05, 0) is 58.7 Å². The number of anilines is 1. The lowest BCUT2D eigenvalue weighted by Crippen LogP contribution is -1.90. The molecule has 2 aromatic rings. The van der Waals surface area contributed by atoms with E-state index in [2.05, 4.69) is 15.9 Å². The molecule has 4 heteroatoms. The summed E-state index contributed by atoms with van der Waals surface area (Å²) in [4.78, 5) is 0. The molecule has 0 saturated carbocycles. The fraction of sp³-hybridized carbons (Fsp3) is 0.0769. The van der Waals surface area contributed by atoms with Crippen LogP contribution in [0.15, 0.2) is 40.9 Å². The van der Waals surface area contributed by atoms with E-state index < -0.39 is 0 Å². The average Bonchev–Trinajstić information content (AvgIpc) is 2.21. The van der Waals surface area contributed by atoms with Gasteiger partial charge in [0.1, 0.15) is 11.5 Å². The highest BCUT2D eigenvalue weighted by Crippen LogP contribution is 2.32. The molecule has 17 heavy (non-hydrogen) atoms. The van der Waals surface area contributed by atoms with E-state index in [1.165, 1.54) is 0 Å². The normalized spacial score (nSPS) is 10.3. The smallest absolute Gasteiger partial charge is 0.141 e. The Hall–Kier alpha value is -1.19. The van der Waals surface area contributed by atoms with Crippen molar-refractivity contribution >= 4 is 33.2 Å². The first-order valence-electron chi connectivity index (χ1n) is 5.04. The lowest BCUT2D eigenvalue weighted by molar-refractivity contribution is 0.479. The minimum absolute atomic E-state index is 0.660. The van der Waals surface area contributed by atoms with E-state index in [1.54, 1.807) is 18.2 Å². The molecular weight excluding hydrogens is 302 g/mol. The number of benzene rings is 2. The second-order valence-electron chi connectivity index (χ2n) is 3.76. The van der Waals surface area contributed by atoms with Gasteiger partial charge in [0.2, 0.25) is 0 Å². The van der Waals surface area contributed by atoms with E-state index in [0.717, 1.165) is 10.0 Å². The second-order valence-corrected chi connectivity index (χ2v) is 5.05. The van der Waals surface area contributed by atoms with Gasteiger partial charge in [0, 0.05) is 16.8 Å². The zero-order valence-electron chi connectivity index (χ0n) is 9.21. The van der Waals surface area contributed by atoms with Crippen LogP contribution in [0.3, 0.4) is 0 Å². The van der Waals surface area contributed by atoms with Crippen LogP contribution in [0.5, 0.6) is 11.5 Å². The van der Waals surface area contributed by atoms with Crippen molar-refractivity contribution in [2.75, 3.05) is 5.73 Å². The first-order valence-corrected chi connectivity index (χ1v) is 6.22. The largest absolute Gasteiger partial charge is 0.456 e. The Balaban J connectivity index is 2.31. The van der Waals surface area contributed by atoms with Crippen LogP contribution in [0.2, 0.25) is 5.02 Å². The first-order chi connectivity index (χ1) is 8.04. The maximum atomic E-state index is 5.86. The van der Waals surface area contributed by atoms with Crippen molar-refractivity contribution in [2.24, 2.45) is 0 Å². The fourth-order valence-corrected chi connectivity index (χ4v) is 2.28. The van der Waals surface area contributed by atoms with Gasteiger partial charge in [0.15, 0.2) is 0 Å². The van der Waals surface area contributed by atoms with Crippen LogP contribution in [0, 0.1) is 6.92 Å². The molecule has 2 nitrogen and oxygen atoms in total. The predicted octanol–water partition coefficient (Wildman–Crippen LogP) is 4.79. The van der Waals surface area contributed by atoms with E-state index >= 15 is 0 Å². The van der Waals surface area contributed by atoms with Gasteiger partial charge in [0.25, 0.3) is 0 Å². The molecule has 0 aromatic heterocycles. The highest BCUT2D eigenvalue weighted by atomic mass is 79.9. The van der Waals surface area contributed by atoms with Gasteiger partial charge in [-0.15, -0.1) is 0 Å². The maximum Gasteiger partial charge on any atom is 0.141 e. The SMILES string of the molecule is Cc1cc(N)cc(Oc2ccc(Cl)cc2Br)c1. The summed E-state index contributed by atoms with van der Waals surface area (Å²) in [6.07, 6.45) is 0. The number of nitrogens with two attached hydrogens (primary N) is 1. The van der Waals surface area contributed by atoms with Gasteiger partial charge in [-0.1, -0.05) is 11.6 Å². The molecule has 0 aliphatic heterocycles. The molecule has 0 bridgehead atoms. The molecule has 2 N–H and O–H groups in total. The van der Waals surface area contributed by atoms with Gasteiger partial charge in [0.05, 0.1) is 4.47 Å². The fourth-order valence-electron chi connectivity index (χ4n) is 1.52. The molecule has 0 fully saturated rings. The number of rotatable bonds is 2. The Morgan fingerprint density at radius 3 is 2.59 bits per heavy atom. The van der Waals surface area contributed by atoms with E-state index in [-0.39, 0.29) is 0 Å². The molecule has 0 aliphatic carbocycles. The van der Waals surface area contributed by atoms with Crippen molar-refractivity contribution in [3.63, 3.8) is 0 Å². The van der Waals surface area contributed by atoms with Gasteiger partial charge in [-0.3, -0.25) is 0 Å². The van der Waals surface area contributed by atoms with Crippen molar-refractivity contribution in [1.82, 2.24) is 0 Å². The predicted molar refractivity (Wildman–Crippen MR) is 74.8 cm³/mol. The Morgan fingerprint density at radius 2 is 1.94 bits per heavy atom. The molecule has 0 unspecified atom stereocenters. The Morgan fingerprint density at radius 1 is 1.18 bits per heavy atom. The monoisotopic (exact) mass is 311 g/mol. The summed E-state index contributed by atoms with van der Waals surface area (Å²) in [5, 5.41) is 0.660. The quantitative estimate of drug-likeness (QED) is 0.810. The highest BCUT2D eigenvalue weighted by molar-refractivity contribution is 9.10. The van der Waals surface area contributed by atoms with Crippen LogP contribution in [0.1, 0.15) is 5.56 Å². The third-order valence-corrected chi connectivity index (χ3v) is 3.05. The zero-order valence-corrected chi connectivity index (χ0v) is 11.5. The van der Waals surface area contributed by atoms with E-state index in [0.29, 0.717) is 22.2 Å². The summed E-state index contributed by atoms with van der Waals surface area (Å²) in [6, 6.07) is 11.0. The number of hydrogen-bond donors (Lipinski definition) is 1. The number of ether oxygens (including phenoxy) is 1. The lowest BCUT2D eigenvalue weighted by Gasteiger charge is -2.09. The molecule has 2 rings (SSSR count). The van der Waals surface area contributed by atoms with Crippen LogP contribution >= 0.6 is 27.5 Å². The van der Waals surface area contributed by atoms with Crippen molar-refractivity contribution in [1.29, 1.82) is 0 Å². The first kappa shape index (κ1) is 12.3. The molecule has 2 aromatic carbocycles. The molecule has 0 heterocycles. The van der Waals surface area contributed by atoms with Crippen LogP contribution in [-0.4, -0.2) is 0 Å². The standard InChI is InChI=1S/C13H11BrClNO/c1-8-4-10(16)7-11(5-8)17-13-3-2-9(15)6-12(13)14/h2-7H,16H2,1H3. The van der Waals surface area contributed by atoms with E-state index in [4.69, 9.17) is 22.1 Å². The topological polar surface area (TPSA) is 35.2 Å². The molecular formula is C13H11BrClNO. The van der Waals surface area contributed by atoms with Crippen LogP contribution in [0.4, 0.5) is 5.69 Å². The lowest BCUT2D eigenvalue weighted by atomic mass is 10.2. The third-order valence-electron chi connectivity index (χ3n) is 2.19. The molecule has 0 atom stereocenters. The van der Waals surface area contributed by atoms with Crippen molar-refractivity contribution < 1.29 is 4.74 Å². The van der Waals surface area contributed by atoms with Gasteiger partial charge in [-0.25, -0.2) is 0 Å². The summed E-state index contributed by atoms with van der Waals surface area (Å²) in [5.74, 6) is 1.42. The summed E-state index contributed by atoms with van der Waals surface area (Å²) < 4.78 is 6.55. The molecule has 0 aliphatic rings. The number of aryl methyl sites for hydroxylation is 1. The van der Waals surface area contributed by atoms with Crippen molar-refractivity contribution in [3.8, 4) is 11.5 Å². The number of nitrogen functional groups attached to an aromatic ring is 1. The van der Waals surface area contributed by atoms with Crippen molar-refractivity contribution in [3.05, 3.63) is 51.5 Å². The number of hydrogen-bond acceptors (Lipinski definition) is 2. The molecule has 0 radical (unpaired) electrons. The van der Waals surface area contributed by atoms with Crippen LogP contribution < -0.4 is 10.5 Å². The molecule has 0 spiro atoms. The van der Waals surface area contributed by atoms with E-state index in [9.17, 15) is 0 Å². The Bertz CT molecular complexity index is 537. The van der Waals surface area contributed by atoms with E-state index in [1.807, 2.05) is 25.1 Å². The van der Waals surface area contributed by atoms with Gasteiger partial charge in [-0.2, -0.15) is 0 Å². The second kappa shape index (κ2) is 4.98.